The van der Waals surface area contributed by atoms with Gasteiger partial charge in [-0.15, -0.1) is 0 Å². The van der Waals surface area contributed by atoms with E-state index in [1.165, 1.54) is 0 Å². The fourth-order valence-electron chi connectivity index (χ4n) is 3.36. The van der Waals surface area contributed by atoms with E-state index in [0.717, 1.165) is 43.5 Å². The van der Waals surface area contributed by atoms with Gasteiger partial charge in [-0.05, 0) is 24.3 Å². The predicted molar refractivity (Wildman–Crippen MR) is 103 cm³/mol. The molecule has 4 rings (SSSR count). The number of likely N-dealkylation sites (N-methyl/N-ethyl adjacent to an activating group) is 1. The van der Waals surface area contributed by atoms with Crippen molar-refractivity contribution in [3.8, 4) is 11.5 Å². The van der Waals surface area contributed by atoms with E-state index < -0.39 is 0 Å². The fourth-order valence-corrected chi connectivity index (χ4v) is 3.36. The van der Waals surface area contributed by atoms with Gasteiger partial charge in [-0.25, -0.2) is 4.98 Å². The van der Waals surface area contributed by atoms with Crippen LogP contribution < -0.4 is 19.7 Å². The minimum absolute atomic E-state index is 0.0724. The first-order valence-corrected chi connectivity index (χ1v) is 9.26. The molecule has 2 aliphatic rings. The fraction of sp³-hybridized carbons (Fsp3) is 0.400. The molecule has 2 aliphatic heterocycles. The molecule has 0 aliphatic carbocycles. The molecule has 1 aromatic carbocycles. The Bertz CT molecular complexity index is 790. The molecule has 0 spiro atoms. The molecule has 2 aromatic rings. The van der Waals surface area contributed by atoms with Crippen LogP contribution in [0.4, 0.5) is 5.82 Å². The van der Waals surface area contributed by atoms with Crippen molar-refractivity contribution in [3.05, 3.63) is 48.2 Å². The first-order valence-electron chi connectivity index (χ1n) is 9.26. The molecule has 1 fully saturated rings. The number of anilines is 1. The summed E-state index contributed by atoms with van der Waals surface area (Å²) in [5.41, 5.74) is 0.577. The van der Waals surface area contributed by atoms with Gasteiger partial charge in [-0.1, -0.05) is 12.1 Å². The number of hydrogen-bond donors (Lipinski definition) is 1. The number of carbonyl (C=O) groups is 1. The van der Waals surface area contributed by atoms with Gasteiger partial charge in [0.15, 0.2) is 17.6 Å². The van der Waals surface area contributed by atoms with Crippen molar-refractivity contribution in [1.82, 2.24) is 15.2 Å². The van der Waals surface area contributed by atoms with Crippen LogP contribution in [0.15, 0.2) is 42.6 Å². The quantitative estimate of drug-likeness (QED) is 0.880. The molecule has 1 amide bonds. The number of ether oxygens (including phenoxy) is 2. The molecule has 1 atom stereocenters. The van der Waals surface area contributed by atoms with Crippen LogP contribution in [0.2, 0.25) is 0 Å². The summed E-state index contributed by atoms with van der Waals surface area (Å²) in [7, 11) is 1.77. The van der Waals surface area contributed by atoms with Gasteiger partial charge in [0.05, 0.1) is 12.1 Å². The van der Waals surface area contributed by atoms with Crippen molar-refractivity contribution in [1.29, 1.82) is 0 Å². The summed E-state index contributed by atoms with van der Waals surface area (Å²) < 4.78 is 11.7. The first-order chi connectivity index (χ1) is 13.2. The number of pyridine rings is 1. The van der Waals surface area contributed by atoms with Gasteiger partial charge in [-0.3, -0.25) is 4.79 Å². The highest BCUT2D eigenvalue weighted by Gasteiger charge is 2.24. The molecule has 0 saturated carbocycles. The lowest BCUT2D eigenvalue weighted by Gasteiger charge is -2.30. The third-order valence-corrected chi connectivity index (χ3v) is 4.83. The van der Waals surface area contributed by atoms with E-state index >= 15 is 0 Å². The van der Waals surface area contributed by atoms with Crippen LogP contribution in [0.1, 0.15) is 10.4 Å². The number of nitrogens with one attached hydrogen (secondary N) is 1. The lowest BCUT2D eigenvalue weighted by Crippen LogP contribution is -2.44. The van der Waals surface area contributed by atoms with Crippen LogP contribution >= 0.6 is 0 Å². The third-order valence-electron chi connectivity index (χ3n) is 4.83. The van der Waals surface area contributed by atoms with Crippen LogP contribution in [0.25, 0.3) is 0 Å². The topological polar surface area (TPSA) is 66.9 Å². The number of aromatic nitrogens is 1. The molecule has 0 bridgehead atoms. The van der Waals surface area contributed by atoms with Crippen molar-refractivity contribution in [3.63, 3.8) is 0 Å². The molecular weight excluding hydrogens is 344 g/mol. The number of hydrogen-bond acceptors (Lipinski definition) is 6. The summed E-state index contributed by atoms with van der Waals surface area (Å²) in [6, 6.07) is 11.3. The Morgan fingerprint density at radius 1 is 1.22 bits per heavy atom. The van der Waals surface area contributed by atoms with Crippen molar-refractivity contribution < 1.29 is 14.3 Å². The lowest BCUT2D eigenvalue weighted by atomic mass is 10.2. The number of fused-ring (bicyclic) bond motifs is 1. The number of piperazine rings is 1. The highest BCUT2D eigenvalue weighted by Crippen LogP contribution is 2.31. The van der Waals surface area contributed by atoms with Gasteiger partial charge in [0.25, 0.3) is 5.91 Å². The van der Waals surface area contributed by atoms with Gasteiger partial charge in [0, 0.05) is 39.4 Å². The molecular formula is C20H24N4O3. The van der Waals surface area contributed by atoms with Crippen LogP contribution in [0.5, 0.6) is 11.5 Å². The zero-order valence-electron chi connectivity index (χ0n) is 15.4. The van der Waals surface area contributed by atoms with Crippen LogP contribution in [-0.2, 0) is 0 Å². The Balaban J connectivity index is 1.36. The second-order valence-electron chi connectivity index (χ2n) is 6.83. The van der Waals surface area contributed by atoms with Crippen molar-refractivity contribution in [2.24, 2.45) is 0 Å². The van der Waals surface area contributed by atoms with Gasteiger partial charge in [0.2, 0.25) is 0 Å². The van der Waals surface area contributed by atoms with E-state index in [4.69, 9.17) is 9.47 Å². The molecule has 1 saturated heterocycles. The molecule has 3 heterocycles. The van der Waals surface area contributed by atoms with Gasteiger partial charge in [0.1, 0.15) is 12.4 Å². The van der Waals surface area contributed by atoms with E-state index in [2.05, 4.69) is 15.2 Å². The maximum absolute atomic E-state index is 12.7. The maximum atomic E-state index is 12.7. The summed E-state index contributed by atoms with van der Waals surface area (Å²) in [5.74, 6) is 2.31. The lowest BCUT2D eigenvalue weighted by molar-refractivity contribution is 0.0520. The number of nitrogens with zero attached hydrogens (tertiary/aromatic N) is 3. The second kappa shape index (κ2) is 7.84. The largest absolute Gasteiger partial charge is 0.486 e. The summed E-state index contributed by atoms with van der Waals surface area (Å²) in [6.45, 7) is 4.65. The molecule has 7 nitrogen and oxygen atoms in total. The zero-order chi connectivity index (χ0) is 18.6. The van der Waals surface area contributed by atoms with E-state index in [1.54, 1.807) is 18.1 Å². The number of benzene rings is 1. The number of carbonyl (C=O) groups excluding carboxylic acids is 1. The monoisotopic (exact) mass is 368 g/mol. The van der Waals surface area contributed by atoms with E-state index in [1.807, 2.05) is 36.4 Å². The Kier molecular flexibility index (Phi) is 5.11. The molecule has 27 heavy (non-hydrogen) atoms. The minimum Gasteiger partial charge on any atom is -0.486 e. The Hall–Kier alpha value is -2.80. The van der Waals surface area contributed by atoms with E-state index in [0.29, 0.717) is 18.7 Å². The zero-order valence-corrected chi connectivity index (χ0v) is 15.4. The van der Waals surface area contributed by atoms with E-state index in [9.17, 15) is 4.79 Å². The maximum Gasteiger partial charge on any atom is 0.255 e. The smallest absolute Gasteiger partial charge is 0.255 e. The standard InChI is InChI=1S/C20H24N4O3/c1-23(13-16-14-26-17-4-2-3-5-18(17)27-16)20(25)15-6-7-19(22-12-15)24-10-8-21-9-11-24/h2-7,12,16,21H,8-11,13-14H2,1H3. The predicted octanol–water partition coefficient (Wildman–Crippen LogP) is 1.40. The van der Waals surface area contributed by atoms with Gasteiger partial charge >= 0.3 is 0 Å². The van der Waals surface area contributed by atoms with Crippen molar-refractivity contribution in [2.45, 2.75) is 6.10 Å². The summed E-state index contributed by atoms with van der Waals surface area (Å²) >= 11 is 0. The van der Waals surface area contributed by atoms with Crippen molar-refractivity contribution in [2.75, 3.05) is 51.3 Å². The molecule has 0 radical (unpaired) electrons. The average Bonchev–Trinajstić information content (AvgIpc) is 2.74. The van der Waals surface area contributed by atoms with Gasteiger partial charge < -0.3 is 24.6 Å². The van der Waals surface area contributed by atoms with Crippen LogP contribution in [0, 0.1) is 0 Å². The first kappa shape index (κ1) is 17.6. The molecule has 1 N–H and O–H groups in total. The van der Waals surface area contributed by atoms with E-state index in [-0.39, 0.29) is 12.0 Å². The Morgan fingerprint density at radius 3 is 2.74 bits per heavy atom. The SMILES string of the molecule is CN(CC1COc2ccccc2O1)C(=O)c1ccc(N2CCNCC2)nc1. The number of para-hydroxylation sites is 2. The summed E-state index contributed by atoms with van der Waals surface area (Å²) in [6.07, 6.45) is 1.46. The Labute approximate surface area is 158 Å². The molecule has 142 valence electrons. The van der Waals surface area contributed by atoms with Crippen LogP contribution in [0.3, 0.4) is 0 Å². The number of rotatable bonds is 4. The highest BCUT2D eigenvalue weighted by atomic mass is 16.6. The number of amides is 1. The summed E-state index contributed by atoms with van der Waals surface area (Å²) in [4.78, 5) is 21.1. The average molecular weight is 368 g/mol. The molecule has 7 heteroatoms. The third kappa shape index (κ3) is 3.98. The Morgan fingerprint density at radius 2 is 2.00 bits per heavy atom. The molecule has 1 aromatic heterocycles. The van der Waals surface area contributed by atoms with Crippen molar-refractivity contribution >= 4 is 11.7 Å². The van der Waals surface area contributed by atoms with Gasteiger partial charge in [-0.2, -0.15) is 0 Å². The summed E-state index contributed by atoms with van der Waals surface area (Å²) in [5, 5.41) is 3.32. The van der Waals surface area contributed by atoms with Crippen LogP contribution in [-0.4, -0.2) is 68.3 Å². The highest BCUT2D eigenvalue weighted by molar-refractivity contribution is 5.94. The second-order valence-corrected chi connectivity index (χ2v) is 6.83. The molecule has 1 unspecified atom stereocenters. The minimum atomic E-state index is -0.193. The normalized spacial score (nSPS) is 18.9.